The van der Waals surface area contributed by atoms with Crippen LogP contribution in [0.5, 0.6) is 0 Å². The highest BCUT2D eigenvalue weighted by Crippen LogP contribution is 2.30. The molecule has 0 bridgehead atoms. The molecule has 1 amide bonds. The summed E-state index contributed by atoms with van der Waals surface area (Å²) in [6.07, 6.45) is 0.712. The molecule has 1 fully saturated rings. The average Bonchev–Trinajstić information content (AvgIpc) is 3.19. The maximum atomic E-state index is 13.3. The second-order valence-corrected chi connectivity index (χ2v) is 17.2. The number of hydrogen-bond donors (Lipinski definition) is 2. The van der Waals surface area contributed by atoms with Gasteiger partial charge in [0.2, 0.25) is 0 Å². The van der Waals surface area contributed by atoms with Gasteiger partial charge in [0.25, 0.3) is 21.6 Å². The lowest BCUT2D eigenvalue weighted by molar-refractivity contribution is -0.384. The minimum absolute atomic E-state index is 0.125. The van der Waals surface area contributed by atoms with Crippen LogP contribution >= 0.6 is 23.4 Å². The van der Waals surface area contributed by atoms with E-state index in [1.165, 1.54) is 23.3 Å². The number of thioether (sulfide) groups is 1. The van der Waals surface area contributed by atoms with Crippen molar-refractivity contribution in [3.63, 3.8) is 0 Å². The fourth-order valence-electron chi connectivity index (χ4n) is 6.52. The summed E-state index contributed by atoms with van der Waals surface area (Å²) >= 11 is 7.80. The molecule has 14 heteroatoms. The Bertz CT molecular complexity index is 2250. The molecule has 0 aliphatic carbocycles. The van der Waals surface area contributed by atoms with Gasteiger partial charge in [-0.05, 0) is 109 Å². The molecule has 11 nitrogen and oxygen atoms in total. The molecule has 0 unspecified atom stereocenters. The average molecular weight is 813 g/mol. The molecule has 1 saturated heterocycles. The number of piperazine rings is 1. The number of carbonyl (C=O) groups is 1. The lowest BCUT2D eigenvalue weighted by Gasteiger charge is -2.36. The summed E-state index contributed by atoms with van der Waals surface area (Å²) in [6, 6.07) is 34.8. The van der Waals surface area contributed by atoms with Crippen LogP contribution in [0.1, 0.15) is 29.3 Å². The molecule has 5 aromatic rings. The van der Waals surface area contributed by atoms with E-state index < -0.39 is 26.5 Å². The van der Waals surface area contributed by atoms with Crippen molar-refractivity contribution in [1.29, 1.82) is 0 Å². The number of nitro benzene ring substituents is 1. The van der Waals surface area contributed by atoms with Crippen molar-refractivity contribution >= 4 is 62.0 Å². The number of halogens is 1. The molecule has 1 aliphatic rings. The lowest BCUT2D eigenvalue weighted by Crippen LogP contribution is -2.46. The van der Waals surface area contributed by atoms with Crippen molar-refractivity contribution in [3.8, 4) is 11.1 Å². The fraction of sp³-hybridized carbons (Fsp3) is 0.262. The van der Waals surface area contributed by atoms with E-state index >= 15 is 0 Å². The van der Waals surface area contributed by atoms with Gasteiger partial charge in [-0.3, -0.25) is 19.8 Å². The summed E-state index contributed by atoms with van der Waals surface area (Å²) in [5, 5.41) is 15.9. The Morgan fingerprint density at radius 3 is 2.25 bits per heavy atom. The Hall–Kier alpha value is -5.08. The molecular weight excluding hydrogens is 768 g/mol. The number of nitro groups is 1. The molecule has 1 heterocycles. The van der Waals surface area contributed by atoms with E-state index in [-0.39, 0.29) is 22.2 Å². The van der Waals surface area contributed by atoms with Gasteiger partial charge in [0.1, 0.15) is 5.69 Å². The van der Waals surface area contributed by atoms with Crippen molar-refractivity contribution in [2.75, 3.05) is 61.1 Å². The zero-order valence-corrected chi connectivity index (χ0v) is 33.9. The first-order valence-corrected chi connectivity index (χ1v) is 21.1. The molecular formula is C42H45ClN6O5S2. The SMILES string of the molecule is C[C@H](CCSc1ccc(N(C)C)cc1)Nc1ccc(S(=O)(=O)NC(=O)c2ccc(N3CCN(Cc4ccccc4-c4ccc(Cl)cc4)CC3)cc2)cc1[N+](=O)[O-]. The van der Waals surface area contributed by atoms with E-state index in [0.717, 1.165) is 66.4 Å². The number of hydrogen-bond acceptors (Lipinski definition) is 10. The minimum atomic E-state index is -4.41. The zero-order valence-electron chi connectivity index (χ0n) is 31.5. The Kier molecular flexibility index (Phi) is 13.2. The number of nitrogens with zero attached hydrogens (tertiary/aromatic N) is 4. The first kappa shape index (κ1) is 40.6. The van der Waals surface area contributed by atoms with E-state index in [1.54, 1.807) is 36.0 Å². The summed E-state index contributed by atoms with van der Waals surface area (Å²) in [5.74, 6) is -0.0468. The highest BCUT2D eigenvalue weighted by molar-refractivity contribution is 7.99. The van der Waals surface area contributed by atoms with Crippen LogP contribution in [0.15, 0.2) is 125 Å². The third kappa shape index (κ3) is 10.4. The van der Waals surface area contributed by atoms with Gasteiger partial charge in [0.05, 0.1) is 9.82 Å². The van der Waals surface area contributed by atoms with Crippen molar-refractivity contribution in [2.24, 2.45) is 0 Å². The molecule has 0 spiro atoms. The largest absolute Gasteiger partial charge is 0.378 e. The number of sulfonamides is 1. The topological polar surface area (TPSA) is 128 Å². The molecule has 5 aromatic carbocycles. The van der Waals surface area contributed by atoms with Crippen molar-refractivity contribution in [2.45, 2.75) is 35.7 Å². The number of nitrogens with one attached hydrogen (secondary N) is 2. The highest BCUT2D eigenvalue weighted by atomic mass is 35.5. The van der Waals surface area contributed by atoms with E-state index in [0.29, 0.717) is 11.4 Å². The van der Waals surface area contributed by atoms with Crippen LogP contribution in [0.2, 0.25) is 5.02 Å². The lowest BCUT2D eigenvalue weighted by atomic mass is 9.99. The number of anilines is 3. The van der Waals surface area contributed by atoms with Crippen LogP contribution in [0.25, 0.3) is 11.1 Å². The van der Waals surface area contributed by atoms with Gasteiger partial charge in [-0.1, -0.05) is 48.0 Å². The molecule has 0 aromatic heterocycles. The van der Waals surface area contributed by atoms with Gasteiger partial charge in [-0.15, -0.1) is 11.8 Å². The van der Waals surface area contributed by atoms with Gasteiger partial charge in [-0.25, -0.2) is 13.1 Å². The Labute approximate surface area is 337 Å². The van der Waals surface area contributed by atoms with Gasteiger partial charge < -0.3 is 15.1 Å². The molecule has 292 valence electrons. The maximum Gasteiger partial charge on any atom is 0.293 e. The molecule has 1 atom stereocenters. The third-order valence-corrected chi connectivity index (χ3v) is 12.3. The monoisotopic (exact) mass is 812 g/mol. The molecule has 56 heavy (non-hydrogen) atoms. The van der Waals surface area contributed by atoms with Gasteiger partial charge in [-0.2, -0.15) is 0 Å². The van der Waals surface area contributed by atoms with Gasteiger partial charge in [0.15, 0.2) is 0 Å². The van der Waals surface area contributed by atoms with Gasteiger partial charge in [0, 0.05) is 85.8 Å². The van der Waals surface area contributed by atoms with Crippen LogP contribution in [-0.4, -0.2) is 76.2 Å². The summed E-state index contributed by atoms with van der Waals surface area (Å²) in [6.45, 7) is 6.00. The van der Waals surface area contributed by atoms with Crippen molar-refractivity contribution in [1.82, 2.24) is 9.62 Å². The number of benzene rings is 5. The predicted molar refractivity (Wildman–Crippen MR) is 228 cm³/mol. The van der Waals surface area contributed by atoms with Crippen molar-refractivity contribution < 1.29 is 18.1 Å². The second-order valence-electron chi connectivity index (χ2n) is 13.9. The van der Waals surface area contributed by atoms with E-state index in [1.807, 2.05) is 56.3 Å². The standard InChI is InChI=1S/C42H45ClN6O5S2/c1-30(22-27-55-37-18-16-35(17-19-37)46(2)3)44-40-21-20-38(28-41(40)49(51)52)56(53,54)45-42(50)32-10-14-36(15-11-32)48-25-23-47(24-26-48)29-33-6-4-5-7-39(33)31-8-12-34(43)13-9-31/h4-21,28,30,44H,22-27,29H2,1-3H3,(H,45,50)/t30-/m1/s1. The summed E-state index contributed by atoms with van der Waals surface area (Å²) in [7, 11) is -0.432. The number of rotatable bonds is 15. The van der Waals surface area contributed by atoms with Crippen LogP contribution < -0.4 is 19.8 Å². The van der Waals surface area contributed by atoms with E-state index in [9.17, 15) is 23.3 Å². The van der Waals surface area contributed by atoms with Crippen LogP contribution in [-0.2, 0) is 16.6 Å². The van der Waals surface area contributed by atoms with Gasteiger partial charge >= 0.3 is 0 Å². The Balaban J connectivity index is 1.01. The van der Waals surface area contributed by atoms with E-state index in [2.05, 4.69) is 62.3 Å². The normalized spacial score (nSPS) is 13.9. The van der Waals surface area contributed by atoms with Crippen LogP contribution in [0.4, 0.5) is 22.7 Å². The first-order chi connectivity index (χ1) is 26.9. The molecule has 0 saturated carbocycles. The summed E-state index contributed by atoms with van der Waals surface area (Å²) < 4.78 is 28.6. The van der Waals surface area contributed by atoms with Crippen LogP contribution in [0, 0.1) is 10.1 Å². The maximum absolute atomic E-state index is 13.3. The number of carbonyl (C=O) groups excluding carboxylic acids is 1. The Morgan fingerprint density at radius 2 is 1.59 bits per heavy atom. The number of amides is 1. The molecule has 2 N–H and O–H groups in total. The second kappa shape index (κ2) is 18.2. The minimum Gasteiger partial charge on any atom is -0.378 e. The third-order valence-electron chi connectivity index (χ3n) is 9.71. The molecule has 1 aliphatic heterocycles. The zero-order chi connectivity index (χ0) is 39.8. The smallest absolute Gasteiger partial charge is 0.293 e. The highest BCUT2D eigenvalue weighted by Gasteiger charge is 2.25. The Morgan fingerprint density at radius 1 is 0.911 bits per heavy atom. The fourth-order valence-corrected chi connectivity index (χ4v) is 8.68. The first-order valence-electron chi connectivity index (χ1n) is 18.3. The summed E-state index contributed by atoms with van der Waals surface area (Å²) in [4.78, 5) is 31.9. The molecule has 6 rings (SSSR count). The quantitative estimate of drug-likeness (QED) is 0.0605. The predicted octanol–water partition coefficient (Wildman–Crippen LogP) is 8.40. The van der Waals surface area contributed by atoms with Crippen molar-refractivity contribution in [3.05, 3.63) is 142 Å². The summed E-state index contributed by atoms with van der Waals surface area (Å²) in [5.41, 5.74) is 5.56. The van der Waals surface area contributed by atoms with Crippen LogP contribution in [0.3, 0.4) is 0 Å². The molecule has 0 radical (unpaired) electrons. The van der Waals surface area contributed by atoms with E-state index in [4.69, 9.17) is 11.6 Å².